The number of H-pyrrole nitrogens is 1. The third kappa shape index (κ3) is 7.23. The Kier molecular flexibility index (Phi) is 5.86. The van der Waals surface area contributed by atoms with E-state index in [9.17, 15) is 4.79 Å². The zero-order chi connectivity index (χ0) is 7.82. The summed E-state index contributed by atoms with van der Waals surface area (Å²) in [5, 5.41) is 7.71. The van der Waals surface area contributed by atoms with Crippen molar-refractivity contribution < 1.29 is 9.90 Å². The summed E-state index contributed by atoms with van der Waals surface area (Å²) in [6.45, 7) is 0. The van der Waals surface area contributed by atoms with Gasteiger partial charge in [0.15, 0.2) is 0 Å². The fourth-order valence-corrected chi connectivity index (χ4v) is 0.278. The first-order valence-electron chi connectivity index (χ1n) is 2.63. The minimum atomic E-state index is -0.829. The molecule has 0 aliphatic heterocycles. The van der Waals surface area contributed by atoms with Crippen molar-refractivity contribution in [2.75, 3.05) is 5.33 Å². The molecule has 56 valence electrons. The average Bonchev–Trinajstić information content (AvgIpc) is 2.43. The Morgan fingerprint density at radius 3 is 2.00 bits per heavy atom. The molecule has 0 spiro atoms. The first-order valence-corrected chi connectivity index (χ1v) is 3.75. The van der Waals surface area contributed by atoms with Crippen LogP contribution in [0, 0.1) is 0 Å². The molecular weight excluding hydrogens is 198 g/mol. The van der Waals surface area contributed by atoms with Crippen LogP contribution in [0.15, 0.2) is 24.5 Å². The largest absolute Gasteiger partial charge is 0.481 e. The van der Waals surface area contributed by atoms with Crippen molar-refractivity contribution >= 4 is 21.9 Å². The fraction of sp³-hybridized carbons (Fsp3) is 0.167. The monoisotopic (exact) mass is 205 g/mol. The number of hydrogen-bond donors (Lipinski definition) is 2. The van der Waals surface area contributed by atoms with Gasteiger partial charge in [0, 0.05) is 12.4 Å². The van der Waals surface area contributed by atoms with Gasteiger partial charge in [-0.3, -0.25) is 4.79 Å². The number of aromatic nitrogens is 1. The SMILES string of the molecule is O=C(O)CBr.c1cc[nH]c1. The van der Waals surface area contributed by atoms with Crippen molar-refractivity contribution in [2.45, 2.75) is 0 Å². The Morgan fingerprint density at radius 1 is 1.50 bits per heavy atom. The number of rotatable bonds is 1. The maximum Gasteiger partial charge on any atom is 0.314 e. The summed E-state index contributed by atoms with van der Waals surface area (Å²) in [5.41, 5.74) is 0. The topological polar surface area (TPSA) is 53.1 Å². The van der Waals surface area contributed by atoms with Gasteiger partial charge in [0.05, 0.1) is 0 Å². The van der Waals surface area contributed by atoms with Gasteiger partial charge in [-0.15, -0.1) is 0 Å². The lowest BCUT2D eigenvalue weighted by Gasteiger charge is -1.70. The second kappa shape index (κ2) is 6.35. The van der Waals surface area contributed by atoms with Crippen molar-refractivity contribution in [2.24, 2.45) is 0 Å². The number of halogens is 1. The molecule has 1 aromatic rings. The number of carbonyl (C=O) groups is 1. The van der Waals surface area contributed by atoms with Crippen LogP contribution in [0.4, 0.5) is 0 Å². The molecule has 4 heteroatoms. The fourth-order valence-electron chi connectivity index (χ4n) is 0.278. The molecule has 1 rings (SSSR count). The lowest BCUT2D eigenvalue weighted by atomic mass is 10.7. The van der Waals surface area contributed by atoms with Crippen LogP contribution in [0.1, 0.15) is 0 Å². The van der Waals surface area contributed by atoms with Gasteiger partial charge in [0.2, 0.25) is 0 Å². The Bertz CT molecular complexity index is 145. The highest BCUT2D eigenvalue weighted by Crippen LogP contribution is 1.73. The van der Waals surface area contributed by atoms with Gasteiger partial charge < -0.3 is 10.1 Å². The first-order chi connectivity index (χ1) is 4.77. The molecule has 0 unspecified atom stereocenters. The molecule has 0 fully saturated rings. The van der Waals surface area contributed by atoms with Crippen molar-refractivity contribution in [1.29, 1.82) is 0 Å². The number of aromatic amines is 1. The second-order valence-corrected chi connectivity index (χ2v) is 1.97. The lowest BCUT2D eigenvalue weighted by Crippen LogP contribution is -1.92. The Morgan fingerprint density at radius 2 is 1.90 bits per heavy atom. The summed E-state index contributed by atoms with van der Waals surface area (Å²) in [5.74, 6) is -0.829. The number of carboxylic acid groups (broad SMARTS) is 1. The van der Waals surface area contributed by atoms with Gasteiger partial charge in [-0.05, 0) is 12.1 Å². The molecule has 0 atom stereocenters. The highest BCUT2D eigenvalue weighted by atomic mass is 79.9. The van der Waals surface area contributed by atoms with Crippen LogP contribution in [-0.2, 0) is 4.79 Å². The number of carboxylic acids is 1. The number of nitrogens with one attached hydrogen (secondary N) is 1. The molecule has 0 radical (unpaired) electrons. The first kappa shape index (κ1) is 9.23. The van der Waals surface area contributed by atoms with E-state index in [4.69, 9.17) is 5.11 Å². The summed E-state index contributed by atoms with van der Waals surface area (Å²) in [6, 6.07) is 3.89. The molecule has 0 amide bonds. The molecule has 2 N–H and O–H groups in total. The van der Waals surface area contributed by atoms with Crippen LogP contribution in [0.3, 0.4) is 0 Å². The van der Waals surface area contributed by atoms with E-state index < -0.39 is 5.97 Å². The van der Waals surface area contributed by atoms with Gasteiger partial charge >= 0.3 is 5.97 Å². The molecule has 10 heavy (non-hydrogen) atoms. The van der Waals surface area contributed by atoms with Crippen LogP contribution in [0.25, 0.3) is 0 Å². The van der Waals surface area contributed by atoms with E-state index in [1.54, 1.807) is 0 Å². The minimum Gasteiger partial charge on any atom is -0.481 e. The van der Waals surface area contributed by atoms with Crippen molar-refractivity contribution in [3.63, 3.8) is 0 Å². The van der Waals surface area contributed by atoms with Crippen LogP contribution in [-0.4, -0.2) is 21.4 Å². The van der Waals surface area contributed by atoms with E-state index >= 15 is 0 Å². The maximum atomic E-state index is 9.32. The van der Waals surface area contributed by atoms with Gasteiger partial charge in [0.1, 0.15) is 5.33 Å². The van der Waals surface area contributed by atoms with Crippen molar-refractivity contribution in [3.05, 3.63) is 24.5 Å². The number of aliphatic carboxylic acids is 1. The zero-order valence-electron chi connectivity index (χ0n) is 5.25. The van der Waals surface area contributed by atoms with Crippen LogP contribution < -0.4 is 0 Å². The van der Waals surface area contributed by atoms with E-state index in [-0.39, 0.29) is 5.33 Å². The molecule has 1 aromatic heterocycles. The minimum absolute atomic E-state index is 0.0347. The van der Waals surface area contributed by atoms with Gasteiger partial charge in [-0.2, -0.15) is 0 Å². The lowest BCUT2D eigenvalue weighted by molar-refractivity contribution is -0.133. The van der Waals surface area contributed by atoms with E-state index in [0.717, 1.165) is 0 Å². The molecule has 0 saturated carbocycles. The third-order valence-corrected chi connectivity index (χ3v) is 1.09. The molecule has 0 aliphatic rings. The number of alkyl halides is 1. The zero-order valence-corrected chi connectivity index (χ0v) is 6.84. The second-order valence-electron chi connectivity index (χ2n) is 1.41. The maximum absolute atomic E-state index is 9.32. The molecule has 3 nitrogen and oxygen atoms in total. The van der Waals surface area contributed by atoms with Gasteiger partial charge in [-0.1, -0.05) is 15.9 Å². The normalized spacial score (nSPS) is 7.70. The average molecular weight is 206 g/mol. The molecule has 0 aliphatic carbocycles. The summed E-state index contributed by atoms with van der Waals surface area (Å²) in [6.07, 6.45) is 3.75. The summed E-state index contributed by atoms with van der Waals surface area (Å²) >= 11 is 2.71. The Labute approximate surface area is 67.2 Å². The van der Waals surface area contributed by atoms with Crippen LogP contribution in [0.2, 0.25) is 0 Å². The summed E-state index contributed by atoms with van der Waals surface area (Å²) in [4.78, 5) is 12.2. The van der Waals surface area contributed by atoms with Crippen molar-refractivity contribution in [1.82, 2.24) is 4.98 Å². The quantitative estimate of drug-likeness (QED) is 0.683. The summed E-state index contributed by atoms with van der Waals surface area (Å²) in [7, 11) is 0. The van der Waals surface area contributed by atoms with Crippen LogP contribution in [0.5, 0.6) is 0 Å². The number of hydrogen-bond acceptors (Lipinski definition) is 1. The van der Waals surface area contributed by atoms with Gasteiger partial charge in [0.25, 0.3) is 0 Å². The predicted molar refractivity (Wildman–Crippen MR) is 42.2 cm³/mol. The Hall–Kier alpha value is -0.770. The third-order valence-electron chi connectivity index (χ3n) is 0.610. The van der Waals surface area contributed by atoms with Crippen LogP contribution >= 0.6 is 15.9 Å². The van der Waals surface area contributed by atoms with Gasteiger partial charge in [-0.25, -0.2) is 0 Å². The van der Waals surface area contributed by atoms with Crippen molar-refractivity contribution in [3.8, 4) is 0 Å². The smallest absolute Gasteiger partial charge is 0.314 e. The van der Waals surface area contributed by atoms with E-state index in [1.165, 1.54) is 0 Å². The highest BCUT2D eigenvalue weighted by molar-refractivity contribution is 9.09. The molecule has 0 aromatic carbocycles. The predicted octanol–water partition coefficient (Wildman–Crippen LogP) is 1.48. The summed E-state index contributed by atoms with van der Waals surface area (Å²) < 4.78 is 0. The molecule has 1 heterocycles. The highest BCUT2D eigenvalue weighted by Gasteiger charge is 1.83. The standard InChI is InChI=1S/C4H5N.C2H3BrO2/c1-2-4-5-3-1;3-1-2(4)5/h1-5H;1H2,(H,4,5). The molecule has 0 saturated heterocycles. The van der Waals surface area contributed by atoms with E-state index in [2.05, 4.69) is 20.9 Å². The molecule has 0 bridgehead atoms. The molecular formula is C6H8BrNO2. The van der Waals surface area contributed by atoms with E-state index in [1.807, 2.05) is 24.5 Å². The van der Waals surface area contributed by atoms with E-state index in [0.29, 0.717) is 0 Å². The Balaban J connectivity index is 0.000000162.